The van der Waals surface area contributed by atoms with E-state index in [9.17, 15) is 18.3 Å². The SMILES string of the molecule is CC(O)(CCCC(F)(F)F)c1ccccc1Br. The van der Waals surface area contributed by atoms with Crippen LogP contribution in [0.2, 0.25) is 0 Å². The number of hydrogen-bond donors (Lipinski definition) is 1. The predicted octanol–water partition coefficient (Wildman–Crippen LogP) is 4.39. The van der Waals surface area contributed by atoms with Crippen LogP contribution in [0.3, 0.4) is 0 Å². The van der Waals surface area contributed by atoms with Gasteiger partial charge >= 0.3 is 6.18 Å². The third-order valence-electron chi connectivity index (χ3n) is 2.58. The smallest absolute Gasteiger partial charge is 0.385 e. The summed E-state index contributed by atoms with van der Waals surface area (Å²) in [5.41, 5.74) is -0.632. The number of benzene rings is 1. The Morgan fingerprint density at radius 1 is 1.18 bits per heavy atom. The lowest BCUT2D eigenvalue weighted by molar-refractivity contribution is -0.137. The Morgan fingerprint density at radius 3 is 2.29 bits per heavy atom. The molecule has 0 heterocycles. The lowest BCUT2D eigenvalue weighted by Gasteiger charge is -2.25. The van der Waals surface area contributed by atoms with Crippen molar-refractivity contribution in [3.05, 3.63) is 34.3 Å². The fourth-order valence-electron chi connectivity index (χ4n) is 1.67. The second kappa shape index (κ2) is 5.40. The van der Waals surface area contributed by atoms with Crippen molar-refractivity contribution >= 4 is 15.9 Å². The largest absolute Gasteiger partial charge is 0.389 e. The summed E-state index contributed by atoms with van der Waals surface area (Å²) in [6, 6.07) is 7.00. The molecule has 17 heavy (non-hydrogen) atoms. The Kier molecular flexibility index (Phi) is 4.61. The van der Waals surface area contributed by atoms with Crippen LogP contribution in [-0.2, 0) is 5.60 Å². The summed E-state index contributed by atoms with van der Waals surface area (Å²) in [5, 5.41) is 10.2. The summed E-state index contributed by atoms with van der Waals surface area (Å²) in [5.74, 6) is 0. The van der Waals surface area contributed by atoms with Crippen LogP contribution >= 0.6 is 15.9 Å². The zero-order valence-corrected chi connectivity index (χ0v) is 11.0. The molecule has 0 aliphatic rings. The van der Waals surface area contributed by atoms with Crippen molar-refractivity contribution in [2.24, 2.45) is 0 Å². The molecule has 1 aromatic carbocycles. The Bertz CT molecular complexity index is 374. The normalized spacial score (nSPS) is 15.6. The molecule has 0 radical (unpaired) electrons. The molecule has 0 aliphatic carbocycles. The van der Waals surface area contributed by atoms with E-state index in [0.29, 0.717) is 10.0 Å². The minimum atomic E-state index is -4.16. The summed E-state index contributed by atoms with van der Waals surface area (Å²) in [6.45, 7) is 1.53. The van der Waals surface area contributed by atoms with Gasteiger partial charge in [-0.3, -0.25) is 0 Å². The molecule has 1 rings (SSSR count). The predicted molar refractivity (Wildman–Crippen MR) is 63.6 cm³/mol. The lowest BCUT2D eigenvalue weighted by Crippen LogP contribution is -2.22. The van der Waals surface area contributed by atoms with Gasteiger partial charge in [-0.25, -0.2) is 0 Å². The van der Waals surface area contributed by atoms with Crippen LogP contribution in [-0.4, -0.2) is 11.3 Å². The molecular weight excluding hydrogens is 297 g/mol. The van der Waals surface area contributed by atoms with E-state index in [0.717, 1.165) is 0 Å². The van der Waals surface area contributed by atoms with Gasteiger partial charge in [0.2, 0.25) is 0 Å². The molecule has 0 amide bonds. The van der Waals surface area contributed by atoms with Gasteiger partial charge < -0.3 is 5.11 Å². The van der Waals surface area contributed by atoms with Crippen LogP contribution in [0.25, 0.3) is 0 Å². The van der Waals surface area contributed by atoms with E-state index in [1.165, 1.54) is 6.92 Å². The Morgan fingerprint density at radius 2 is 1.76 bits per heavy atom. The molecule has 0 fully saturated rings. The van der Waals surface area contributed by atoms with E-state index in [1.54, 1.807) is 24.3 Å². The van der Waals surface area contributed by atoms with Gasteiger partial charge in [0.25, 0.3) is 0 Å². The molecule has 1 N–H and O–H groups in total. The van der Waals surface area contributed by atoms with Gasteiger partial charge in [-0.15, -0.1) is 0 Å². The van der Waals surface area contributed by atoms with Crippen molar-refractivity contribution in [1.29, 1.82) is 0 Å². The topological polar surface area (TPSA) is 20.2 Å². The van der Waals surface area contributed by atoms with Crippen molar-refractivity contribution in [2.45, 2.75) is 38.0 Å². The van der Waals surface area contributed by atoms with Crippen LogP contribution in [0, 0.1) is 0 Å². The first-order chi connectivity index (χ1) is 7.72. The molecule has 1 unspecified atom stereocenters. The van der Waals surface area contributed by atoms with Gasteiger partial charge in [0.15, 0.2) is 0 Å². The minimum absolute atomic E-state index is 0.0785. The fraction of sp³-hybridized carbons (Fsp3) is 0.500. The molecule has 96 valence electrons. The maximum absolute atomic E-state index is 12.0. The van der Waals surface area contributed by atoms with E-state index in [4.69, 9.17) is 0 Å². The van der Waals surface area contributed by atoms with Crippen LogP contribution in [0.4, 0.5) is 13.2 Å². The Hall–Kier alpha value is -0.550. The monoisotopic (exact) mass is 310 g/mol. The van der Waals surface area contributed by atoms with Crippen LogP contribution in [0.1, 0.15) is 31.7 Å². The molecule has 0 aliphatic heterocycles. The molecular formula is C12H14BrF3O. The summed E-state index contributed by atoms with van der Waals surface area (Å²) in [4.78, 5) is 0. The van der Waals surface area contributed by atoms with Crippen LogP contribution < -0.4 is 0 Å². The van der Waals surface area contributed by atoms with Crippen LogP contribution in [0.5, 0.6) is 0 Å². The number of aliphatic hydroxyl groups is 1. The van der Waals surface area contributed by atoms with Crippen molar-refractivity contribution < 1.29 is 18.3 Å². The highest BCUT2D eigenvalue weighted by Gasteiger charge is 2.30. The third kappa shape index (κ3) is 4.68. The van der Waals surface area contributed by atoms with E-state index in [1.807, 2.05) is 0 Å². The maximum atomic E-state index is 12.0. The zero-order chi connectivity index (χ0) is 13.1. The summed E-state index contributed by atoms with van der Waals surface area (Å²) < 4.78 is 36.8. The van der Waals surface area contributed by atoms with Crippen molar-refractivity contribution in [2.75, 3.05) is 0 Å². The Labute approximate surface area is 107 Å². The van der Waals surface area contributed by atoms with Gasteiger partial charge in [0.05, 0.1) is 5.60 Å². The number of alkyl halides is 3. The van der Waals surface area contributed by atoms with Gasteiger partial charge in [-0.2, -0.15) is 13.2 Å². The molecule has 1 nitrogen and oxygen atoms in total. The quantitative estimate of drug-likeness (QED) is 0.874. The summed E-state index contributed by atoms with van der Waals surface area (Å²) in [6.07, 6.45) is -5.04. The van der Waals surface area contributed by atoms with Gasteiger partial charge in [0, 0.05) is 10.9 Å². The second-order valence-corrected chi connectivity index (χ2v) is 5.08. The molecule has 0 aromatic heterocycles. The van der Waals surface area contributed by atoms with Gasteiger partial charge in [0.1, 0.15) is 0 Å². The second-order valence-electron chi connectivity index (χ2n) is 4.22. The first-order valence-electron chi connectivity index (χ1n) is 5.26. The molecule has 1 aromatic rings. The molecule has 0 spiro atoms. The average Bonchev–Trinajstić information content (AvgIpc) is 2.15. The minimum Gasteiger partial charge on any atom is -0.385 e. The first kappa shape index (κ1) is 14.5. The average molecular weight is 311 g/mol. The fourth-order valence-corrected chi connectivity index (χ4v) is 2.38. The first-order valence-corrected chi connectivity index (χ1v) is 6.06. The highest BCUT2D eigenvalue weighted by molar-refractivity contribution is 9.10. The van der Waals surface area contributed by atoms with Crippen LogP contribution in [0.15, 0.2) is 28.7 Å². The summed E-state index contributed by atoms with van der Waals surface area (Å²) in [7, 11) is 0. The highest BCUT2D eigenvalue weighted by atomic mass is 79.9. The van der Waals surface area contributed by atoms with E-state index < -0.39 is 18.2 Å². The van der Waals surface area contributed by atoms with E-state index in [2.05, 4.69) is 15.9 Å². The number of halogens is 4. The highest BCUT2D eigenvalue weighted by Crippen LogP contribution is 2.33. The summed E-state index contributed by atoms with van der Waals surface area (Å²) >= 11 is 3.28. The van der Waals surface area contributed by atoms with E-state index >= 15 is 0 Å². The number of hydrogen-bond acceptors (Lipinski definition) is 1. The molecule has 0 saturated heterocycles. The van der Waals surface area contributed by atoms with E-state index in [-0.39, 0.29) is 12.8 Å². The Balaban J connectivity index is 2.66. The van der Waals surface area contributed by atoms with Gasteiger partial charge in [-0.05, 0) is 31.4 Å². The van der Waals surface area contributed by atoms with Crippen molar-refractivity contribution in [3.8, 4) is 0 Å². The molecule has 0 bridgehead atoms. The van der Waals surface area contributed by atoms with Gasteiger partial charge in [-0.1, -0.05) is 34.1 Å². The van der Waals surface area contributed by atoms with Crippen molar-refractivity contribution in [1.82, 2.24) is 0 Å². The zero-order valence-electron chi connectivity index (χ0n) is 9.39. The molecule has 1 atom stereocenters. The molecule has 0 saturated carbocycles. The lowest BCUT2D eigenvalue weighted by atomic mass is 9.90. The standard InChI is InChI=1S/C12H14BrF3O/c1-11(17,7-4-8-12(14,15)16)9-5-2-3-6-10(9)13/h2-3,5-6,17H,4,7-8H2,1H3. The third-order valence-corrected chi connectivity index (χ3v) is 3.27. The number of rotatable bonds is 4. The molecule has 5 heteroatoms. The maximum Gasteiger partial charge on any atom is 0.389 e. The van der Waals surface area contributed by atoms with Crippen molar-refractivity contribution in [3.63, 3.8) is 0 Å².